The molecule has 0 atom stereocenters. The second kappa shape index (κ2) is 7.09. The molecule has 0 fully saturated rings. The lowest BCUT2D eigenvalue weighted by atomic mass is 9.95. The maximum absolute atomic E-state index is 11.7. The first-order valence-corrected chi connectivity index (χ1v) is 7.86. The third-order valence-corrected chi connectivity index (χ3v) is 3.99. The number of nitrogen functional groups attached to an aromatic ring is 1. The average Bonchev–Trinajstić information content (AvgIpc) is 2.57. The van der Waals surface area contributed by atoms with Gasteiger partial charge in [-0.3, -0.25) is 4.79 Å². The second-order valence-corrected chi connectivity index (χ2v) is 6.58. The SMILES string of the molecule is COC(=O)C(C)(C)COc1ccc(-c2cc(C)c(N)c(Cl)n2)cc1. The van der Waals surface area contributed by atoms with E-state index in [1.54, 1.807) is 13.8 Å². The van der Waals surface area contributed by atoms with Gasteiger partial charge < -0.3 is 15.2 Å². The molecule has 0 bridgehead atoms. The number of pyridine rings is 1. The molecule has 0 saturated heterocycles. The first-order chi connectivity index (χ1) is 11.2. The Morgan fingerprint density at radius 1 is 1.29 bits per heavy atom. The van der Waals surface area contributed by atoms with Gasteiger partial charge in [-0.2, -0.15) is 0 Å². The molecule has 1 heterocycles. The molecule has 128 valence electrons. The number of methoxy groups -OCH3 is 1. The Morgan fingerprint density at radius 2 is 1.92 bits per heavy atom. The van der Waals surface area contributed by atoms with Crippen LogP contribution >= 0.6 is 11.6 Å². The molecule has 2 rings (SSSR count). The second-order valence-electron chi connectivity index (χ2n) is 6.22. The number of carbonyl (C=O) groups excluding carboxylic acids is 1. The standard InChI is InChI=1S/C18H21ClN2O3/c1-11-9-14(21-16(19)15(11)20)12-5-7-13(8-6-12)24-10-18(2,3)17(22)23-4/h5-9H,10,20H2,1-4H3. The Morgan fingerprint density at radius 3 is 2.46 bits per heavy atom. The van der Waals surface area contributed by atoms with Crippen molar-refractivity contribution in [3.05, 3.63) is 41.0 Å². The van der Waals surface area contributed by atoms with Crippen molar-refractivity contribution < 1.29 is 14.3 Å². The number of benzene rings is 1. The number of aryl methyl sites for hydroxylation is 1. The molecule has 2 N–H and O–H groups in total. The minimum Gasteiger partial charge on any atom is -0.492 e. The van der Waals surface area contributed by atoms with Crippen LogP contribution in [0.4, 0.5) is 5.69 Å². The van der Waals surface area contributed by atoms with Crippen LogP contribution in [0.25, 0.3) is 11.3 Å². The summed E-state index contributed by atoms with van der Waals surface area (Å²) in [7, 11) is 1.37. The molecule has 0 saturated carbocycles. The smallest absolute Gasteiger partial charge is 0.314 e. The molecular formula is C18H21ClN2O3. The van der Waals surface area contributed by atoms with E-state index in [2.05, 4.69) is 4.98 Å². The van der Waals surface area contributed by atoms with E-state index in [0.29, 0.717) is 16.6 Å². The van der Waals surface area contributed by atoms with E-state index in [-0.39, 0.29) is 12.6 Å². The Balaban J connectivity index is 2.13. The van der Waals surface area contributed by atoms with Crippen LogP contribution in [0.15, 0.2) is 30.3 Å². The van der Waals surface area contributed by atoms with Crippen LogP contribution in [0, 0.1) is 12.3 Å². The summed E-state index contributed by atoms with van der Waals surface area (Å²) >= 11 is 6.04. The van der Waals surface area contributed by atoms with Crippen molar-refractivity contribution in [2.24, 2.45) is 5.41 Å². The minimum absolute atomic E-state index is 0.226. The summed E-state index contributed by atoms with van der Waals surface area (Å²) in [5.74, 6) is 0.351. The largest absolute Gasteiger partial charge is 0.492 e. The molecule has 0 spiro atoms. The van der Waals surface area contributed by atoms with E-state index in [4.69, 9.17) is 26.8 Å². The van der Waals surface area contributed by atoms with Crippen molar-refractivity contribution in [3.8, 4) is 17.0 Å². The molecule has 24 heavy (non-hydrogen) atoms. The van der Waals surface area contributed by atoms with Crippen LogP contribution in [-0.4, -0.2) is 24.7 Å². The van der Waals surface area contributed by atoms with Crippen LogP contribution in [0.3, 0.4) is 0 Å². The summed E-state index contributed by atoms with van der Waals surface area (Å²) in [5.41, 5.74) is 8.12. The maximum atomic E-state index is 11.7. The van der Waals surface area contributed by atoms with Gasteiger partial charge in [-0.1, -0.05) is 11.6 Å². The van der Waals surface area contributed by atoms with E-state index in [0.717, 1.165) is 16.8 Å². The first-order valence-electron chi connectivity index (χ1n) is 7.49. The quantitative estimate of drug-likeness (QED) is 0.655. The third-order valence-electron chi connectivity index (χ3n) is 3.71. The highest BCUT2D eigenvalue weighted by Gasteiger charge is 2.29. The summed E-state index contributed by atoms with van der Waals surface area (Å²) in [6, 6.07) is 9.30. The molecular weight excluding hydrogens is 328 g/mol. The van der Waals surface area contributed by atoms with Crippen molar-refractivity contribution in [1.29, 1.82) is 0 Å². The average molecular weight is 349 g/mol. The third kappa shape index (κ3) is 3.97. The van der Waals surface area contributed by atoms with Crippen molar-refractivity contribution in [1.82, 2.24) is 4.98 Å². The van der Waals surface area contributed by atoms with E-state index >= 15 is 0 Å². The zero-order valence-corrected chi connectivity index (χ0v) is 15.0. The molecule has 5 nitrogen and oxygen atoms in total. The van der Waals surface area contributed by atoms with Gasteiger partial charge in [0, 0.05) is 5.56 Å². The van der Waals surface area contributed by atoms with Gasteiger partial charge in [0.25, 0.3) is 0 Å². The van der Waals surface area contributed by atoms with Gasteiger partial charge >= 0.3 is 5.97 Å². The Kier molecular flexibility index (Phi) is 5.34. The van der Waals surface area contributed by atoms with Gasteiger partial charge in [0.15, 0.2) is 5.15 Å². The minimum atomic E-state index is -0.712. The molecule has 6 heteroatoms. The van der Waals surface area contributed by atoms with Crippen LogP contribution in [0.2, 0.25) is 5.15 Å². The molecule has 1 aromatic carbocycles. The lowest BCUT2D eigenvalue weighted by Crippen LogP contribution is -2.32. The summed E-state index contributed by atoms with van der Waals surface area (Å²) in [6.45, 7) is 5.66. The highest BCUT2D eigenvalue weighted by atomic mass is 35.5. The Labute approximate surface area is 146 Å². The topological polar surface area (TPSA) is 74.4 Å². The number of nitrogens with zero attached hydrogens (tertiary/aromatic N) is 1. The number of halogens is 1. The van der Waals surface area contributed by atoms with Crippen LogP contribution in [-0.2, 0) is 9.53 Å². The van der Waals surface area contributed by atoms with Crippen molar-refractivity contribution in [2.75, 3.05) is 19.5 Å². The van der Waals surface area contributed by atoms with E-state index in [1.807, 2.05) is 37.3 Å². The number of hydrogen-bond acceptors (Lipinski definition) is 5. The zero-order valence-electron chi connectivity index (χ0n) is 14.2. The lowest BCUT2D eigenvalue weighted by Gasteiger charge is -2.21. The van der Waals surface area contributed by atoms with E-state index in [1.165, 1.54) is 7.11 Å². The predicted molar refractivity (Wildman–Crippen MR) is 95.1 cm³/mol. The normalized spacial score (nSPS) is 11.2. The number of hydrogen-bond donors (Lipinski definition) is 1. The molecule has 0 unspecified atom stereocenters. The van der Waals surface area contributed by atoms with Crippen LogP contribution in [0.5, 0.6) is 5.75 Å². The highest BCUT2D eigenvalue weighted by molar-refractivity contribution is 6.32. The number of aromatic nitrogens is 1. The molecule has 2 aromatic rings. The fraction of sp³-hybridized carbons (Fsp3) is 0.333. The maximum Gasteiger partial charge on any atom is 0.314 e. The van der Waals surface area contributed by atoms with E-state index in [9.17, 15) is 4.79 Å². The van der Waals surface area contributed by atoms with Gasteiger partial charge in [0.2, 0.25) is 0 Å². The number of ether oxygens (including phenoxy) is 2. The molecule has 0 aliphatic carbocycles. The van der Waals surface area contributed by atoms with Crippen LogP contribution in [0.1, 0.15) is 19.4 Å². The molecule has 1 aromatic heterocycles. The predicted octanol–water partition coefficient (Wildman–Crippen LogP) is 3.87. The Hall–Kier alpha value is -2.27. The summed E-state index contributed by atoms with van der Waals surface area (Å²) in [5, 5.41) is 0.296. The van der Waals surface area contributed by atoms with Gasteiger partial charge in [0.1, 0.15) is 12.4 Å². The summed E-state index contributed by atoms with van der Waals surface area (Å²) in [6.07, 6.45) is 0. The zero-order chi connectivity index (χ0) is 17.9. The summed E-state index contributed by atoms with van der Waals surface area (Å²) in [4.78, 5) is 15.9. The number of anilines is 1. The molecule has 0 aliphatic rings. The molecule has 0 amide bonds. The van der Waals surface area contributed by atoms with Crippen molar-refractivity contribution in [2.45, 2.75) is 20.8 Å². The fourth-order valence-corrected chi connectivity index (χ4v) is 2.35. The number of rotatable bonds is 5. The van der Waals surface area contributed by atoms with Crippen molar-refractivity contribution >= 4 is 23.3 Å². The monoisotopic (exact) mass is 348 g/mol. The number of esters is 1. The van der Waals surface area contributed by atoms with Crippen molar-refractivity contribution in [3.63, 3.8) is 0 Å². The van der Waals surface area contributed by atoms with Gasteiger partial charge in [-0.25, -0.2) is 4.98 Å². The summed E-state index contributed by atoms with van der Waals surface area (Å²) < 4.78 is 10.4. The Bertz CT molecular complexity index is 719. The molecule has 0 radical (unpaired) electrons. The van der Waals surface area contributed by atoms with Gasteiger partial charge in [-0.05, 0) is 56.7 Å². The fourth-order valence-electron chi connectivity index (χ4n) is 2.11. The van der Waals surface area contributed by atoms with Gasteiger partial charge in [0.05, 0.1) is 23.9 Å². The highest BCUT2D eigenvalue weighted by Crippen LogP contribution is 2.28. The molecule has 0 aliphatic heterocycles. The number of carbonyl (C=O) groups is 1. The van der Waals surface area contributed by atoms with Crippen LogP contribution < -0.4 is 10.5 Å². The number of nitrogens with two attached hydrogens (primary N) is 1. The first kappa shape index (κ1) is 18.1. The van der Waals surface area contributed by atoms with Gasteiger partial charge in [-0.15, -0.1) is 0 Å². The van der Waals surface area contributed by atoms with E-state index < -0.39 is 5.41 Å². The lowest BCUT2D eigenvalue weighted by molar-refractivity contribution is -0.152.